The van der Waals surface area contributed by atoms with Gasteiger partial charge < -0.3 is 10.3 Å². The molecule has 17 heavy (non-hydrogen) atoms. The Labute approximate surface area is 103 Å². The molecule has 0 bridgehead atoms. The van der Waals surface area contributed by atoms with Crippen molar-refractivity contribution in [2.24, 2.45) is 18.7 Å². The second kappa shape index (κ2) is 4.88. The standard InChI is InChI=1S/C14H21N3/c1-10(2)7-8-13-16-14-11(9-15)5-4-6-12(14)17(13)3/h4-6,10H,7-9,15H2,1-3H3. The number of benzene rings is 1. The number of nitrogens with two attached hydrogens (primary N) is 1. The van der Waals surface area contributed by atoms with Gasteiger partial charge in [0.1, 0.15) is 5.82 Å². The maximum absolute atomic E-state index is 5.75. The summed E-state index contributed by atoms with van der Waals surface area (Å²) in [5.74, 6) is 1.87. The Morgan fingerprint density at radius 2 is 2.12 bits per heavy atom. The van der Waals surface area contributed by atoms with Crippen molar-refractivity contribution in [3.63, 3.8) is 0 Å². The van der Waals surface area contributed by atoms with E-state index in [4.69, 9.17) is 10.7 Å². The van der Waals surface area contributed by atoms with E-state index in [9.17, 15) is 0 Å². The van der Waals surface area contributed by atoms with Crippen LogP contribution >= 0.6 is 0 Å². The van der Waals surface area contributed by atoms with Crippen molar-refractivity contribution >= 4 is 11.0 Å². The average molecular weight is 231 g/mol. The minimum atomic E-state index is 0.554. The van der Waals surface area contributed by atoms with Gasteiger partial charge in [-0.2, -0.15) is 0 Å². The second-order valence-electron chi connectivity index (χ2n) is 5.01. The Morgan fingerprint density at radius 1 is 1.35 bits per heavy atom. The van der Waals surface area contributed by atoms with E-state index < -0.39 is 0 Å². The number of rotatable bonds is 4. The maximum Gasteiger partial charge on any atom is 0.109 e. The summed E-state index contributed by atoms with van der Waals surface area (Å²) in [6.07, 6.45) is 2.21. The summed E-state index contributed by atoms with van der Waals surface area (Å²) in [4.78, 5) is 4.74. The fraction of sp³-hybridized carbons (Fsp3) is 0.500. The highest BCUT2D eigenvalue weighted by Gasteiger charge is 2.10. The lowest BCUT2D eigenvalue weighted by molar-refractivity contribution is 0.568. The molecule has 2 N–H and O–H groups in total. The number of hydrogen-bond acceptors (Lipinski definition) is 2. The van der Waals surface area contributed by atoms with Crippen LogP contribution in [-0.4, -0.2) is 9.55 Å². The third-order valence-electron chi connectivity index (χ3n) is 3.25. The van der Waals surface area contributed by atoms with Gasteiger partial charge in [-0.15, -0.1) is 0 Å². The van der Waals surface area contributed by atoms with Crippen molar-refractivity contribution in [2.45, 2.75) is 33.2 Å². The van der Waals surface area contributed by atoms with Crippen molar-refractivity contribution in [1.29, 1.82) is 0 Å². The van der Waals surface area contributed by atoms with Crippen LogP contribution < -0.4 is 5.73 Å². The molecule has 0 unspecified atom stereocenters. The highest BCUT2D eigenvalue weighted by atomic mass is 15.1. The van der Waals surface area contributed by atoms with Crippen LogP contribution in [0.25, 0.3) is 11.0 Å². The first-order valence-corrected chi connectivity index (χ1v) is 6.26. The number of para-hydroxylation sites is 1. The van der Waals surface area contributed by atoms with E-state index in [2.05, 4.69) is 43.7 Å². The zero-order valence-corrected chi connectivity index (χ0v) is 10.9. The minimum Gasteiger partial charge on any atom is -0.331 e. The third-order valence-corrected chi connectivity index (χ3v) is 3.25. The van der Waals surface area contributed by atoms with Crippen molar-refractivity contribution in [1.82, 2.24) is 9.55 Å². The normalized spacial score (nSPS) is 11.6. The Morgan fingerprint density at radius 3 is 2.76 bits per heavy atom. The SMILES string of the molecule is CC(C)CCc1nc2c(CN)cccc2n1C. The van der Waals surface area contributed by atoms with Gasteiger partial charge in [-0.3, -0.25) is 0 Å². The third kappa shape index (κ3) is 2.34. The van der Waals surface area contributed by atoms with Crippen molar-refractivity contribution in [3.8, 4) is 0 Å². The molecular weight excluding hydrogens is 210 g/mol. The van der Waals surface area contributed by atoms with Gasteiger partial charge in [0.2, 0.25) is 0 Å². The number of aryl methyl sites for hydroxylation is 2. The van der Waals surface area contributed by atoms with E-state index in [1.165, 1.54) is 11.9 Å². The van der Waals surface area contributed by atoms with Crippen LogP contribution in [0.1, 0.15) is 31.7 Å². The molecular formula is C14H21N3. The van der Waals surface area contributed by atoms with E-state index >= 15 is 0 Å². The zero-order valence-electron chi connectivity index (χ0n) is 10.9. The van der Waals surface area contributed by atoms with Gasteiger partial charge in [-0.05, 0) is 24.0 Å². The molecule has 0 aliphatic rings. The molecule has 1 aromatic heterocycles. The van der Waals surface area contributed by atoms with Gasteiger partial charge in [-0.1, -0.05) is 26.0 Å². The summed E-state index contributed by atoms with van der Waals surface area (Å²) in [5, 5.41) is 0. The molecule has 0 aliphatic heterocycles. The van der Waals surface area contributed by atoms with Crippen LogP contribution in [0.15, 0.2) is 18.2 Å². The number of imidazole rings is 1. The van der Waals surface area contributed by atoms with Crippen LogP contribution in [0, 0.1) is 5.92 Å². The predicted molar refractivity (Wildman–Crippen MR) is 71.8 cm³/mol. The predicted octanol–water partition coefficient (Wildman–Crippen LogP) is 2.62. The van der Waals surface area contributed by atoms with E-state index in [1.807, 2.05) is 0 Å². The first-order valence-electron chi connectivity index (χ1n) is 6.26. The lowest BCUT2D eigenvalue weighted by atomic mass is 10.1. The molecule has 3 heteroatoms. The Bertz CT molecular complexity index is 511. The Kier molecular flexibility index (Phi) is 3.48. The molecule has 2 aromatic rings. The van der Waals surface area contributed by atoms with Crippen LogP contribution in [0.3, 0.4) is 0 Å². The van der Waals surface area contributed by atoms with E-state index in [0.29, 0.717) is 12.5 Å². The van der Waals surface area contributed by atoms with Gasteiger partial charge >= 0.3 is 0 Å². The summed E-state index contributed by atoms with van der Waals surface area (Å²) in [6.45, 7) is 5.04. The van der Waals surface area contributed by atoms with Gasteiger partial charge in [0.25, 0.3) is 0 Å². The highest BCUT2D eigenvalue weighted by Crippen LogP contribution is 2.20. The zero-order chi connectivity index (χ0) is 12.4. The van der Waals surface area contributed by atoms with Crippen molar-refractivity contribution < 1.29 is 0 Å². The summed E-state index contributed by atoms with van der Waals surface area (Å²) in [6, 6.07) is 6.22. The van der Waals surface area contributed by atoms with Crippen LogP contribution in [0.4, 0.5) is 0 Å². The van der Waals surface area contributed by atoms with Crippen LogP contribution in [-0.2, 0) is 20.0 Å². The monoisotopic (exact) mass is 231 g/mol. The summed E-state index contributed by atoms with van der Waals surface area (Å²) in [5.41, 5.74) is 9.13. The molecule has 0 aliphatic carbocycles. The smallest absolute Gasteiger partial charge is 0.109 e. The lowest BCUT2D eigenvalue weighted by Crippen LogP contribution is -2.00. The van der Waals surface area contributed by atoms with Crippen molar-refractivity contribution in [3.05, 3.63) is 29.6 Å². The molecule has 0 fully saturated rings. The molecule has 0 atom stereocenters. The van der Waals surface area contributed by atoms with Gasteiger partial charge in [-0.25, -0.2) is 4.98 Å². The molecule has 92 valence electrons. The molecule has 0 spiro atoms. The summed E-state index contributed by atoms with van der Waals surface area (Å²) < 4.78 is 2.19. The summed E-state index contributed by atoms with van der Waals surface area (Å²) >= 11 is 0. The quantitative estimate of drug-likeness (QED) is 0.879. The molecule has 3 nitrogen and oxygen atoms in total. The molecule has 1 aromatic carbocycles. The van der Waals surface area contributed by atoms with E-state index in [0.717, 1.165) is 23.3 Å². The average Bonchev–Trinajstić information content (AvgIpc) is 2.64. The highest BCUT2D eigenvalue weighted by molar-refractivity contribution is 5.79. The fourth-order valence-corrected chi connectivity index (χ4v) is 2.13. The van der Waals surface area contributed by atoms with E-state index in [-0.39, 0.29) is 0 Å². The summed E-state index contributed by atoms with van der Waals surface area (Å²) in [7, 11) is 2.09. The maximum atomic E-state index is 5.75. The number of hydrogen-bond donors (Lipinski definition) is 1. The van der Waals surface area contributed by atoms with Crippen LogP contribution in [0.2, 0.25) is 0 Å². The lowest BCUT2D eigenvalue weighted by Gasteiger charge is -2.04. The first-order chi connectivity index (χ1) is 8.13. The van der Waals surface area contributed by atoms with Crippen molar-refractivity contribution in [2.75, 3.05) is 0 Å². The molecule has 2 rings (SSSR count). The fourth-order valence-electron chi connectivity index (χ4n) is 2.13. The van der Waals surface area contributed by atoms with E-state index in [1.54, 1.807) is 0 Å². The van der Waals surface area contributed by atoms with Crippen LogP contribution in [0.5, 0.6) is 0 Å². The number of fused-ring (bicyclic) bond motifs is 1. The van der Waals surface area contributed by atoms with Gasteiger partial charge in [0.15, 0.2) is 0 Å². The number of aromatic nitrogens is 2. The molecule has 1 heterocycles. The molecule has 0 amide bonds. The van der Waals surface area contributed by atoms with Gasteiger partial charge in [0.05, 0.1) is 11.0 Å². The van der Waals surface area contributed by atoms with Gasteiger partial charge in [0, 0.05) is 20.0 Å². The molecule has 0 saturated carbocycles. The Hall–Kier alpha value is -1.35. The molecule has 0 saturated heterocycles. The minimum absolute atomic E-state index is 0.554. The topological polar surface area (TPSA) is 43.8 Å². The first kappa shape index (κ1) is 12.1. The second-order valence-corrected chi connectivity index (χ2v) is 5.01. The molecule has 0 radical (unpaired) electrons. The largest absolute Gasteiger partial charge is 0.331 e. The number of nitrogens with zero attached hydrogens (tertiary/aromatic N) is 2. The Balaban J connectivity index is 2.41.